The first-order chi connectivity index (χ1) is 36.6. The molecular weight excluding hydrogens is 901 g/mol. The molecule has 3 heterocycles. The number of allylic oxidation sites excluding steroid dienone is 5. The molecule has 3 aromatic heterocycles. The van der Waals surface area contributed by atoms with Gasteiger partial charge in [-0.25, -0.2) is 15.0 Å². The summed E-state index contributed by atoms with van der Waals surface area (Å²) in [6.45, 7) is 4.29. The van der Waals surface area contributed by atoms with Gasteiger partial charge in [-0.2, -0.15) is 0 Å². The summed E-state index contributed by atoms with van der Waals surface area (Å²) in [7, 11) is 0. The van der Waals surface area contributed by atoms with Crippen LogP contribution in [0.1, 0.15) is 42.7 Å². The second-order valence-electron chi connectivity index (χ2n) is 19.0. The van der Waals surface area contributed by atoms with Gasteiger partial charge in [0.05, 0.1) is 16.8 Å². The number of benzene rings is 9. The Morgan fingerprint density at radius 3 is 1.77 bits per heavy atom. The third kappa shape index (κ3) is 8.05. The van der Waals surface area contributed by atoms with Gasteiger partial charge < -0.3 is 8.98 Å². The van der Waals surface area contributed by atoms with Gasteiger partial charge in [0.2, 0.25) is 0 Å². The van der Waals surface area contributed by atoms with E-state index in [-0.39, 0.29) is 0 Å². The predicted molar refractivity (Wildman–Crippen MR) is 308 cm³/mol. The summed E-state index contributed by atoms with van der Waals surface area (Å²) in [6, 6.07) is 77.3. The molecule has 1 aliphatic rings. The summed E-state index contributed by atoms with van der Waals surface area (Å²) in [4.78, 5) is 16.1. The van der Waals surface area contributed by atoms with Crippen LogP contribution < -0.4 is 0 Å². The smallest absolute Gasteiger partial charge is 0.167 e. The van der Waals surface area contributed by atoms with Crippen molar-refractivity contribution in [3.05, 3.63) is 259 Å². The van der Waals surface area contributed by atoms with Gasteiger partial charge in [0.15, 0.2) is 17.5 Å². The van der Waals surface area contributed by atoms with Crippen LogP contribution in [0.25, 0.3) is 123 Å². The van der Waals surface area contributed by atoms with Gasteiger partial charge in [-0.3, -0.25) is 0 Å². The van der Waals surface area contributed by atoms with Crippen LogP contribution in [-0.2, 0) is 6.42 Å². The molecule has 0 saturated carbocycles. The molecule has 1 aliphatic carbocycles. The lowest BCUT2D eigenvalue weighted by atomic mass is 9.90. The number of nitrogens with zero attached hydrogens (tertiary/aromatic N) is 4. The minimum atomic E-state index is 0.538. The van der Waals surface area contributed by atoms with Crippen molar-refractivity contribution in [1.82, 2.24) is 19.5 Å². The van der Waals surface area contributed by atoms with Crippen molar-refractivity contribution >= 4 is 50.1 Å². The van der Waals surface area contributed by atoms with E-state index in [0.717, 1.165) is 96.1 Å². The van der Waals surface area contributed by atoms with Crippen LogP contribution in [0.5, 0.6) is 0 Å². The Morgan fingerprint density at radius 2 is 1.05 bits per heavy atom. The quantitative estimate of drug-likeness (QED) is 0.128. The molecule has 5 nitrogen and oxygen atoms in total. The van der Waals surface area contributed by atoms with Crippen molar-refractivity contribution in [3.63, 3.8) is 0 Å². The standard InChI is InChI=1S/C69H50N4O/c1-3-4-20-45(2)58-43-54(68-70-67(51-35-33-49(34-36-51)46-21-9-5-10-22-46)71-69(72-68)57-31-19-30-56-55-29-17-18-32-64(55)74-66(56)57)44-59(50-27-15-8-16-28-50)65(58)73-62-39-37-52(47-23-11-6-12-24-47)41-60(62)61-42-53(38-40-63(61)73)48-25-13-7-14-26-48/h3-37,39,41-44H,38,40H2,1-2H3/b4-3-,45-20+. The molecule has 0 fully saturated rings. The van der Waals surface area contributed by atoms with Crippen LogP contribution in [0.4, 0.5) is 0 Å². The molecular formula is C69H50N4O. The third-order valence-corrected chi connectivity index (χ3v) is 14.5. The first-order valence-electron chi connectivity index (χ1n) is 25.4. The van der Waals surface area contributed by atoms with E-state index in [1.807, 2.05) is 24.3 Å². The summed E-state index contributed by atoms with van der Waals surface area (Å²) in [5, 5.41) is 3.29. The zero-order valence-electron chi connectivity index (χ0n) is 41.2. The van der Waals surface area contributed by atoms with Crippen molar-refractivity contribution in [2.45, 2.75) is 26.7 Å². The Labute approximate surface area is 430 Å². The molecule has 9 aromatic carbocycles. The van der Waals surface area contributed by atoms with Gasteiger partial charge >= 0.3 is 0 Å². The van der Waals surface area contributed by atoms with E-state index < -0.39 is 0 Å². The molecule has 0 unspecified atom stereocenters. The van der Waals surface area contributed by atoms with Crippen molar-refractivity contribution in [1.29, 1.82) is 0 Å². The van der Waals surface area contributed by atoms with E-state index >= 15 is 0 Å². The van der Waals surface area contributed by atoms with Crippen molar-refractivity contribution < 1.29 is 4.42 Å². The molecule has 0 saturated heterocycles. The summed E-state index contributed by atoms with van der Waals surface area (Å²) in [5.74, 6) is 1.68. The van der Waals surface area contributed by atoms with Crippen LogP contribution >= 0.6 is 0 Å². The largest absolute Gasteiger partial charge is 0.455 e. The van der Waals surface area contributed by atoms with Crippen LogP contribution in [0, 0.1) is 0 Å². The number of aromatic nitrogens is 4. The Balaban J connectivity index is 1.08. The summed E-state index contributed by atoms with van der Waals surface area (Å²) >= 11 is 0. The second-order valence-corrected chi connectivity index (χ2v) is 19.0. The van der Waals surface area contributed by atoms with Crippen LogP contribution in [0.15, 0.2) is 241 Å². The fourth-order valence-corrected chi connectivity index (χ4v) is 10.8. The average Bonchev–Trinajstić information content (AvgIpc) is 4.02. The molecule has 5 heteroatoms. The summed E-state index contributed by atoms with van der Waals surface area (Å²) < 4.78 is 9.20. The fraction of sp³-hybridized carbons (Fsp3) is 0.0580. The van der Waals surface area contributed by atoms with E-state index in [4.69, 9.17) is 19.4 Å². The summed E-state index contributed by atoms with van der Waals surface area (Å²) in [5.41, 5.74) is 20.6. The normalized spacial score (nSPS) is 12.7. The highest BCUT2D eigenvalue weighted by molar-refractivity contribution is 6.09. The predicted octanol–water partition coefficient (Wildman–Crippen LogP) is 18.2. The first-order valence-corrected chi connectivity index (χ1v) is 25.4. The molecule has 0 bridgehead atoms. The SMILES string of the molecule is C/C=C\C=C(/C)c1cc(-c2nc(-c3ccc(-c4ccccc4)cc3)nc(-c3cccc4c3oc3ccccc34)n2)cc(-c2ccccc2)c1-n1c2c(c3cc(-c4ccccc4)ccc31)C=C(c1ccccc1)CC2. The second kappa shape index (κ2) is 18.9. The van der Waals surface area contributed by atoms with Gasteiger partial charge in [0, 0.05) is 49.7 Å². The molecule has 0 aliphatic heterocycles. The fourth-order valence-electron chi connectivity index (χ4n) is 10.8. The van der Waals surface area contributed by atoms with Crippen molar-refractivity contribution in [3.8, 4) is 73.2 Å². The zero-order valence-corrected chi connectivity index (χ0v) is 41.2. The van der Waals surface area contributed by atoms with Gasteiger partial charge in [0.25, 0.3) is 0 Å². The molecule has 352 valence electrons. The zero-order chi connectivity index (χ0) is 49.5. The highest BCUT2D eigenvalue weighted by Crippen LogP contribution is 2.46. The average molecular weight is 951 g/mol. The lowest BCUT2D eigenvalue weighted by Gasteiger charge is -2.24. The summed E-state index contributed by atoms with van der Waals surface area (Å²) in [6.07, 6.45) is 10.7. The molecule has 0 amide bonds. The van der Waals surface area contributed by atoms with Gasteiger partial charge in [-0.1, -0.05) is 200 Å². The Kier molecular flexibility index (Phi) is 11.4. The number of rotatable bonds is 10. The number of hydrogen-bond acceptors (Lipinski definition) is 4. The first kappa shape index (κ1) is 44.5. The number of furan rings is 1. The molecule has 13 rings (SSSR count). The minimum absolute atomic E-state index is 0.538. The monoisotopic (exact) mass is 950 g/mol. The maximum atomic E-state index is 6.64. The Hall–Kier alpha value is -9.45. The van der Waals surface area contributed by atoms with Crippen LogP contribution in [-0.4, -0.2) is 19.5 Å². The highest BCUT2D eigenvalue weighted by Gasteiger charge is 2.28. The lowest BCUT2D eigenvalue weighted by molar-refractivity contribution is 0.669. The van der Waals surface area contributed by atoms with Gasteiger partial charge in [-0.05, 0) is 114 Å². The lowest BCUT2D eigenvalue weighted by Crippen LogP contribution is -2.09. The van der Waals surface area contributed by atoms with E-state index in [1.54, 1.807) is 0 Å². The van der Waals surface area contributed by atoms with E-state index in [2.05, 4.69) is 237 Å². The van der Waals surface area contributed by atoms with Gasteiger partial charge in [0.1, 0.15) is 11.2 Å². The number of hydrogen-bond donors (Lipinski definition) is 0. The van der Waals surface area contributed by atoms with Crippen molar-refractivity contribution in [2.24, 2.45) is 0 Å². The maximum absolute atomic E-state index is 6.64. The number of para-hydroxylation sites is 2. The Bertz CT molecular complexity index is 4160. The number of fused-ring (bicyclic) bond motifs is 6. The van der Waals surface area contributed by atoms with Gasteiger partial charge in [-0.15, -0.1) is 0 Å². The molecule has 0 spiro atoms. The molecule has 0 atom stereocenters. The Morgan fingerprint density at radius 1 is 0.473 bits per heavy atom. The van der Waals surface area contributed by atoms with E-state index in [1.165, 1.54) is 38.9 Å². The molecule has 74 heavy (non-hydrogen) atoms. The van der Waals surface area contributed by atoms with Crippen molar-refractivity contribution in [2.75, 3.05) is 0 Å². The van der Waals surface area contributed by atoms with Crippen LogP contribution in [0.3, 0.4) is 0 Å². The molecule has 0 radical (unpaired) electrons. The molecule has 0 N–H and O–H groups in total. The van der Waals surface area contributed by atoms with E-state index in [9.17, 15) is 0 Å². The topological polar surface area (TPSA) is 56.7 Å². The third-order valence-electron chi connectivity index (χ3n) is 14.5. The highest BCUT2D eigenvalue weighted by atomic mass is 16.3. The minimum Gasteiger partial charge on any atom is -0.455 e. The molecule has 12 aromatic rings. The van der Waals surface area contributed by atoms with E-state index in [0.29, 0.717) is 17.5 Å². The maximum Gasteiger partial charge on any atom is 0.167 e. The van der Waals surface area contributed by atoms with Crippen LogP contribution in [0.2, 0.25) is 0 Å².